The van der Waals surface area contributed by atoms with Gasteiger partial charge in [0.15, 0.2) is 5.69 Å². The van der Waals surface area contributed by atoms with Crippen molar-refractivity contribution in [1.82, 2.24) is 4.59 Å². The predicted octanol–water partition coefficient (Wildman–Crippen LogP) is 3.05. The number of benzene rings is 1. The van der Waals surface area contributed by atoms with E-state index in [1.807, 2.05) is 27.7 Å². The average molecular weight is 417 g/mol. The molecule has 1 unspecified atom stereocenters. The van der Waals surface area contributed by atoms with Crippen molar-refractivity contribution < 1.29 is 28.7 Å². The summed E-state index contributed by atoms with van der Waals surface area (Å²) in [5.74, 6) is -0.646. The van der Waals surface area contributed by atoms with Crippen molar-refractivity contribution in [2.45, 2.75) is 72.1 Å². The van der Waals surface area contributed by atoms with Crippen molar-refractivity contribution in [3.8, 4) is 0 Å². The Morgan fingerprint density at radius 1 is 1.17 bits per heavy atom. The molecule has 2 aliphatic heterocycles. The van der Waals surface area contributed by atoms with Crippen LogP contribution >= 0.6 is 0 Å². The van der Waals surface area contributed by atoms with E-state index in [2.05, 4.69) is 5.10 Å². The second-order valence-electron chi connectivity index (χ2n) is 9.62. The number of carboxylic acid groups (broad SMARTS) is 1. The minimum Gasteiger partial charge on any atom is -0.461 e. The highest BCUT2D eigenvalue weighted by molar-refractivity contribution is 6.62. The molecular weight excluding hydrogens is 387 g/mol. The van der Waals surface area contributed by atoms with Gasteiger partial charge in [-0.1, -0.05) is 15.8 Å². The highest BCUT2D eigenvalue weighted by Gasteiger charge is 2.59. The van der Waals surface area contributed by atoms with E-state index in [4.69, 9.17) is 14.0 Å². The second kappa shape index (κ2) is 6.90. The molecule has 0 aromatic heterocycles. The number of carbonyl (C=O) groups excluding carboxylic acids is 1. The van der Waals surface area contributed by atoms with Crippen LogP contribution in [0.2, 0.25) is 0 Å². The smallest absolute Gasteiger partial charge is 0.461 e. The Balaban J connectivity index is 2.18. The monoisotopic (exact) mass is 417 g/mol. The molecule has 1 N–H and O–H groups in total. The van der Waals surface area contributed by atoms with E-state index < -0.39 is 40.5 Å². The number of amides is 1. The summed E-state index contributed by atoms with van der Waals surface area (Å²) >= 11 is 0. The summed E-state index contributed by atoms with van der Waals surface area (Å²) in [6, 6.07) is 5.19. The lowest BCUT2D eigenvalue weighted by molar-refractivity contribution is -0.135. The van der Waals surface area contributed by atoms with Crippen LogP contribution in [-0.4, -0.2) is 53.3 Å². The number of nitrogens with zero attached hydrogens (tertiary/aromatic N) is 2. The van der Waals surface area contributed by atoms with E-state index in [1.54, 1.807) is 45.9 Å². The molecule has 1 aromatic carbocycles. The molecule has 0 bridgehead atoms. The van der Waals surface area contributed by atoms with Gasteiger partial charge < -0.3 is 19.2 Å². The molecule has 162 valence electrons. The van der Waals surface area contributed by atoms with Gasteiger partial charge in [0, 0.05) is 6.07 Å². The Morgan fingerprint density at radius 2 is 1.73 bits per heavy atom. The summed E-state index contributed by atoms with van der Waals surface area (Å²) in [5.41, 5.74) is -0.455. The van der Waals surface area contributed by atoms with E-state index in [-0.39, 0.29) is 12.3 Å². The first-order valence-corrected chi connectivity index (χ1v) is 10.1. The van der Waals surface area contributed by atoms with Gasteiger partial charge in [0.25, 0.3) is 0 Å². The molecule has 9 heteroatoms. The summed E-state index contributed by atoms with van der Waals surface area (Å²) < 4.78 is 16.6. The molecule has 0 spiro atoms. The maximum atomic E-state index is 12.6. The van der Waals surface area contributed by atoms with Crippen LogP contribution in [0.1, 0.15) is 61.0 Å². The Morgan fingerprint density at radius 3 is 2.20 bits per heavy atom. The van der Waals surface area contributed by atoms with Gasteiger partial charge in [0.2, 0.25) is 5.71 Å². The van der Waals surface area contributed by atoms with Crippen molar-refractivity contribution in [3.63, 3.8) is 0 Å². The highest BCUT2D eigenvalue weighted by Crippen LogP contribution is 2.43. The first-order chi connectivity index (χ1) is 13.7. The third-order valence-corrected chi connectivity index (χ3v) is 6.12. The van der Waals surface area contributed by atoms with Gasteiger partial charge in [-0.05, 0) is 66.9 Å². The zero-order chi connectivity index (χ0) is 22.7. The fourth-order valence-electron chi connectivity index (χ4n) is 3.69. The number of rotatable bonds is 3. The first kappa shape index (κ1) is 22.5. The number of quaternary nitrogens is 1. The third kappa shape index (κ3) is 3.16. The second-order valence-corrected chi connectivity index (χ2v) is 9.62. The molecule has 1 amide bonds. The number of hydrogen-bond donors (Lipinski definition) is 1. The predicted molar refractivity (Wildman–Crippen MR) is 115 cm³/mol. The summed E-state index contributed by atoms with van der Waals surface area (Å²) in [6.07, 6.45) is -1.19. The Hall–Kier alpha value is -2.23. The van der Waals surface area contributed by atoms with Crippen molar-refractivity contribution in [2.75, 3.05) is 6.61 Å². The molecule has 0 radical (unpaired) electrons. The van der Waals surface area contributed by atoms with Gasteiger partial charge in [0.1, 0.15) is 5.54 Å². The van der Waals surface area contributed by atoms with E-state index in [0.29, 0.717) is 16.7 Å². The SMILES string of the molecule is CCOC(=O)C1=N[N+](C(=O)O)(C(C)(C)C)c2cc(B3OC(C)(C)C(C)(C)O3)ccc21. The highest BCUT2D eigenvalue weighted by atomic mass is 16.7. The third-order valence-electron chi connectivity index (χ3n) is 6.12. The van der Waals surface area contributed by atoms with Crippen LogP contribution in [0.15, 0.2) is 23.3 Å². The molecule has 3 rings (SSSR count). The maximum absolute atomic E-state index is 12.6. The van der Waals surface area contributed by atoms with Gasteiger partial charge in [-0.2, -0.15) is 4.79 Å². The normalized spacial score (nSPS) is 24.4. The fourth-order valence-corrected chi connectivity index (χ4v) is 3.69. The van der Waals surface area contributed by atoms with Crippen LogP contribution in [0, 0.1) is 0 Å². The molecule has 2 aliphatic rings. The Kier molecular flexibility index (Phi) is 5.17. The molecule has 0 saturated carbocycles. The Bertz CT molecular complexity index is 918. The molecule has 1 atom stereocenters. The number of ether oxygens (including phenoxy) is 1. The van der Waals surface area contributed by atoms with Gasteiger partial charge in [-0.25, -0.2) is 4.79 Å². The minimum absolute atomic E-state index is 0.00430. The number of hydrogen-bond acceptors (Lipinski definition) is 6. The number of esters is 1. The van der Waals surface area contributed by atoms with Crippen molar-refractivity contribution >= 4 is 36.0 Å². The van der Waals surface area contributed by atoms with E-state index in [1.165, 1.54) is 0 Å². The quantitative estimate of drug-likeness (QED) is 0.462. The van der Waals surface area contributed by atoms with E-state index >= 15 is 0 Å². The molecule has 1 fully saturated rings. The van der Waals surface area contributed by atoms with Crippen molar-refractivity contribution in [2.24, 2.45) is 5.10 Å². The maximum Gasteiger partial charge on any atom is 0.546 e. The van der Waals surface area contributed by atoms with Crippen LogP contribution in [0.4, 0.5) is 10.5 Å². The fraction of sp³-hybridized carbons (Fsp3) is 0.571. The average Bonchev–Trinajstić information content (AvgIpc) is 3.06. The molecule has 2 heterocycles. The number of carbonyl (C=O) groups is 2. The van der Waals surface area contributed by atoms with Crippen LogP contribution in [0.5, 0.6) is 0 Å². The largest absolute Gasteiger partial charge is 0.546 e. The van der Waals surface area contributed by atoms with Crippen LogP contribution in [0.3, 0.4) is 0 Å². The summed E-state index contributed by atoms with van der Waals surface area (Å²) in [7, 11) is -0.664. The standard InChI is InChI=1S/C21H29BN2O6/c1-9-28-17(25)16-14-11-10-13(22-29-20(5,6)21(7,8)30-22)12-15(14)24(23-16,18(26)27)19(2,3)4/h10-12H,9H2,1-8H3/p+1. The molecule has 1 aromatic rings. The summed E-state index contributed by atoms with van der Waals surface area (Å²) in [6.45, 7) is 15.0. The topological polar surface area (TPSA) is 94.4 Å². The lowest BCUT2D eigenvalue weighted by Gasteiger charge is -2.35. The van der Waals surface area contributed by atoms with E-state index in [9.17, 15) is 14.7 Å². The summed E-state index contributed by atoms with van der Waals surface area (Å²) in [4.78, 5) is 25.1. The van der Waals surface area contributed by atoms with Gasteiger partial charge in [-0.15, -0.1) is 0 Å². The zero-order valence-corrected chi connectivity index (χ0v) is 18.9. The molecule has 0 aliphatic carbocycles. The van der Waals surface area contributed by atoms with Crippen LogP contribution in [0.25, 0.3) is 0 Å². The molecule has 8 nitrogen and oxygen atoms in total. The van der Waals surface area contributed by atoms with Crippen LogP contribution < -0.4 is 10.1 Å². The minimum atomic E-state index is -1.19. The van der Waals surface area contributed by atoms with Crippen molar-refractivity contribution in [3.05, 3.63) is 23.8 Å². The van der Waals surface area contributed by atoms with Crippen LogP contribution in [-0.2, 0) is 18.8 Å². The molecular formula is C21H30BN2O6+. The number of fused-ring (bicyclic) bond motifs is 1. The summed E-state index contributed by atoms with van der Waals surface area (Å²) in [5, 5.41) is 14.6. The van der Waals surface area contributed by atoms with Crippen molar-refractivity contribution in [1.29, 1.82) is 0 Å². The van der Waals surface area contributed by atoms with Gasteiger partial charge in [-0.3, -0.25) is 0 Å². The van der Waals surface area contributed by atoms with Gasteiger partial charge >= 0.3 is 19.2 Å². The molecule has 30 heavy (non-hydrogen) atoms. The molecule has 1 saturated heterocycles. The zero-order valence-electron chi connectivity index (χ0n) is 18.9. The Labute approximate surface area is 177 Å². The van der Waals surface area contributed by atoms with Gasteiger partial charge in [0.05, 0.1) is 23.4 Å². The lowest BCUT2D eigenvalue weighted by Crippen LogP contribution is -2.60. The first-order valence-electron chi connectivity index (χ1n) is 10.1. The van der Waals surface area contributed by atoms with E-state index in [0.717, 1.165) is 0 Å². The lowest BCUT2D eigenvalue weighted by atomic mass is 9.78.